The number of rotatable bonds is 43. The Morgan fingerprint density at radius 3 is 1.44 bits per heavy atom. The molecular weight excluding hydrogens is 787 g/mol. The lowest BCUT2D eigenvalue weighted by Gasteiger charge is -2.40. The van der Waals surface area contributed by atoms with Crippen LogP contribution in [0.4, 0.5) is 0 Å². The quantitative estimate of drug-likeness (QED) is 0.0216. The van der Waals surface area contributed by atoms with Crippen LogP contribution in [0.2, 0.25) is 0 Å². The SMILES string of the molecule is CCCCCCCCCCCCCCCCCC/C=C/CC/C=C/CCCC(O)C(O)C(COC1OC(CO)C(O)C(O)C1O)NC(=O)C(O)CCCCCCCCCCCC. The van der Waals surface area contributed by atoms with E-state index in [1.54, 1.807) is 0 Å². The summed E-state index contributed by atoms with van der Waals surface area (Å²) in [6.45, 7) is 3.41. The summed E-state index contributed by atoms with van der Waals surface area (Å²) in [7, 11) is 0. The Morgan fingerprint density at radius 2 is 0.968 bits per heavy atom. The van der Waals surface area contributed by atoms with E-state index >= 15 is 0 Å². The number of hydrogen-bond donors (Lipinski definition) is 8. The molecule has 1 saturated heterocycles. The minimum atomic E-state index is -1.67. The smallest absolute Gasteiger partial charge is 0.249 e. The number of unbranched alkanes of at least 4 members (excludes halogenated alkanes) is 27. The van der Waals surface area contributed by atoms with Crippen molar-refractivity contribution in [1.82, 2.24) is 5.32 Å². The van der Waals surface area contributed by atoms with Crippen molar-refractivity contribution < 1.29 is 50.0 Å². The van der Waals surface area contributed by atoms with Gasteiger partial charge >= 0.3 is 0 Å². The molecule has 9 unspecified atom stereocenters. The molecule has 0 spiro atoms. The molecule has 62 heavy (non-hydrogen) atoms. The van der Waals surface area contributed by atoms with E-state index in [0.29, 0.717) is 19.3 Å². The second-order valence-corrected chi connectivity index (χ2v) is 18.2. The summed E-state index contributed by atoms with van der Waals surface area (Å²) in [5.41, 5.74) is 0. The van der Waals surface area contributed by atoms with Crippen LogP contribution in [0.15, 0.2) is 24.3 Å². The van der Waals surface area contributed by atoms with E-state index in [-0.39, 0.29) is 12.8 Å². The molecule has 1 aliphatic rings. The maximum Gasteiger partial charge on any atom is 0.249 e. The number of carbonyl (C=O) groups excluding carboxylic acids is 1. The van der Waals surface area contributed by atoms with Gasteiger partial charge < -0.3 is 50.5 Å². The monoisotopic (exact) mass is 884 g/mol. The second-order valence-electron chi connectivity index (χ2n) is 18.2. The van der Waals surface area contributed by atoms with Crippen LogP contribution in [-0.2, 0) is 14.3 Å². The van der Waals surface area contributed by atoms with Gasteiger partial charge in [0.1, 0.15) is 36.6 Å². The molecule has 0 aromatic rings. The van der Waals surface area contributed by atoms with Gasteiger partial charge in [0, 0.05) is 0 Å². The van der Waals surface area contributed by atoms with Crippen molar-refractivity contribution in [2.45, 2.75) is 281 Å². The lowest BCUT2D eigenvalue weighted by atomic mass is 9.98. The molecule has 0 saturated carbocycles. The van der Waals surface area contributed by atoms with Gasteiger partial charge in [-0.3, -0.25) is 4.79 Å². The molecular formula is C51H97NO10. The van der Waals surface area contributed by atoms with E-state index in [0.717, 1.165) is 38.5 Å². The minimum absolute atomic E-state index is 0.248. The molecule has 1 rings (SSSR count). The predicted molar refractivity (Wildman–Crippen MR) is 252 cm³/mol. The molecule has 8 N–H and O–H groups in total. The van der Waals surface area contributed by atoms with E-state index < -0.39 is 74.2 Å². The molecule has 1 fully saturated rings. The van der Waals surface area contributed by atoms with Crippen molar-refractivity contribution in [2.75, 3.05) is 13.2 Å². The highest BCUT2D eigenvalue weighted by Crippen LogP contribution is 2.23. The molecule has 1 aliphatic heterocycles. The highest BCUT2D eigenvalue weighted by Gasteiger charge is 2.44. The Morgan fingerprint density at radius 1 is 0.548 bits per heavy atom. The van der Waals surface area contributed by atoms with E-state index in [1.165, 1.54) is 141 Å². The molecule has 0 bridgehead atoms. The maximum atomic E-state index is 13.0. The van der Waals surface area contributed by atoms with Gasteiger partial charge in [-0.05, 0) is 51.4 Å². The van der Waals surface area contributed by atoms with Crippen molar-refractivity contribution in [3.8, 4) is 0 Å². The Balaban J connectivity index is 2.35. The molecule has 1 heterocycles. The lowest BCUT2D eigenvalue weighted by Crippen LogP contribution is -2.60. The Bertz CT molecular complexity index is 1060. The van der Waals surface area contributed by atoms with Crippen molar-refractivity contribution in [1.29, 1.82) is 0 Å². The van der Waals surface area contributed by atoms with E-state index in [9.17, 15) is 40.5 Å². The van der Waals surface area contributed by atoms with Crippen LogP contribution in [0, 0.1) is 0 Å². The highest BCUT2D eigenvalue weighted by molar-refractivity contribution is 5.80. The van der Waals surface area contributed by atoms with Gasteiger partial charge in [-0.15, -0.1) is 0 Å². The van der Waals surface area contributed by atoms with Crippen LogP contribution >= 0.6 is 0 Å². The van der Waals surface area contributed by atoms with Crippen molar-refractivity contribution in [3.05, 3.63) is 24.3 Å². The predicted octanol–water partition coefficient (Wildman–Crippen LogP) is 9.40. The molecule has 11 nitrogen and oxygen atoms in total. The average molecular weight is 884 g/mol. The third-order valence-electron chi connectivity index (χ3n) is 12.5. The topological polar surface area (TPSA) is 189 Å². The standard InChI is InChI=1S/C51H97NO10/c1-3-5-7-9-11-13-15-16-17-18-19-20-21-22-23-24-25-26-27-28-29-31-32-34-36-38-43(54)46(56)42(41-61-51-49(59)48(58)47(57)45(40-53)62-51)52-50(60)44(55)39-37-35-33-30-14-12-10-8-6-4-2/h26-27,31-32,42-49,51,53-59H,3-25,28-30,33-41H2,1-2H3,(H,52,60)/b27-26+,32-31+. The first-order chi connectivity index (χ1) is 30.2. The van der Waals surface area contributed by atoms with Gasteiger partial charge in [0.25, 0.3) is 0 Å². The average Bonchev–Trinajstić information content (AvgIpc) is 3.27. The maximum absolute atomic E-state index is 13.0. The normalized spacial score (nSPS) is 21.5. The van der Waals surface area contributed by atoms with Gasteiger partial charge in [0.05, 0.1) is 25.4 Å². The van der Waals surface area contributed by atoms with Crippen molar-refractivity contribution in [2.24, 2.45) is 0 Å². The first-order valence-electron chi connectivity index (χ1n) is 25.7. The summed E-state index contributed by atoms with van der Waals surface area (Å²) in [4.78, 5) is 13.0. The summed E-state index contributed by atoms with van der Waals surface area (Å²) in [6.07, 6.45) is 35.4. The molecule has 0 radical (unpaired) electrons. The summed E-state index contributed by atoms with van der Waals surface area (Å²) >= 11 is 0. The van der Waals surface area contributed by atoms with Gasteiger partial charge in [-0.1, -0.05) is 199 Å². The molecule has 366 valence electrons. The molecule has 11 heteroatoms. The van der Waals surface area contributed by atoms with Crippen LogP contribution < -0.4 is 5.32 Å². The molecule has 1 amide bonds. The zero-order valence-corrected chi connectivity index (χ0v) is 39.6. The summed E-state index contributed by atoms with van der Waals surface area (Å²) in [6, 6.07) is -1.19. The Labute approximate surface area is 378 Å². The Kier molecular flexibility index (Phi) is 38.8. The third kappa shape index (κ3) is 29.9. The number of hydrogen-bond acceptors (Lipinski definition) is 10. The molecule has 0 aromatic heterocycles. The number of aliphatic hydroxyl groups is 7. The summed E-state index contributed by atoms with van der Waals surface area (Å²) in [5, 5.41) is 75.6. The highest BCUT2D eigenvalue weighted by atomic mass is 16.7. The zero-order valence-electron chi connectivity index (χ0n) is 39.6. The number of allylic oxidation sites excluding steroid dienone is 4. The number of ether oxygens (including phenoxy) is 2. The first kappa shape index (κ1) is 58.6. The number of nitrogens with one attached hydrogen (secondary N) is 1. The number of amides is 1. The van der Waals surface area contributed by atoms with Crippen LogP contribution in [0.3, 0.4) is 0 Å². The first-order valence-corrected chi connectivity index (χ1v) is 25.7. The molecule has 0 aromatic carbocycles. The molecule has 0 aliphatic carbocycles. The van der Waals surface area contributed by atoms with E-state index in [2.05, 4.69) is 43.5 Å². The van der Waals surface area contributed by atoms with Crippen molar-refractivity contribution in [3.63, 3.8) is 0 Å². The number of aliphatic hydroxyl groups excluding tert-OH is 7. The van der Waals surface area contributed by atoms with E-state index in [4.69, 9.17) is 9.47 Å². The van der Waals surface area contributed by atoms with Crippen LogP contribution in [0.25, 0.3) is 0 Å². The lowest BCUT2D eigenvalue weighted by molar-refractivity contribution is -0.303. The minimum Gasteiger partial charge on any atom is -0.394 e. The van der Waals surface area contributed by atoms with Crippen LogP contribution in [0.5, 0.6) is 0 Å². The fraction of sp³-hybridized carbons (Fsp3) is 0.902. The largest absolute Gasteiger partial charge is 0.394 e. The van der Waals surface area contributed by atoms with Gasteiger partial charge in [0.2, 0.25) is 5.91 Å². The fourth-order valence-electron chi connectivity index (χ4n) is 8.22. The second kappa shape index (κ2) is 41.1. The van der Waals surface area contributed by atoms with Crippen molar-refractivity contribution >= 4 is 5.91 Å². The zero-order chi connectivity index (χ0) is 45.5. The van der Waals surface area contributed by atoms with Crippen LogP contribution in [0.1, 0.15) is 226 Å². The van der Waals surface area contributed by atoms with Crippen LogP contribution in [-0.4, -0.2) is 110 Å². The molecule has 9 atom stereocenters. The Hall–Kier alpha value is -1.41. The van der Waals surface area contributed by atoms with E-state index in [1.807, 2.05) is 0 Å². The third-order valence-corrected chi connectivity index (χ3v) is 12.5. The summed E-state index contributed by atoms with van der Waals surface area (Å²) < 4.78 is 11.1. The van der Waals surface area contributed by atoms with Gasteiger partial charge in [0.15, 0.2) is 6.29 Å². The van der Waals surface area contributed by atoms with Gasteiger partial charge in [-0.25, -0.2) is 0 Å². The van der Waals surface area contributed by atoms with Gasteiger partial charge in [-0.2, -0.15) is 0 Å². The number of carbonyl (C=O) groups is 1. The summed E-state index contributed by atoms with van der Waals surface area (Å²) in [5.74, 6) is -0.711. The fourth-order valence-corrected chi connectivity index (χ4v) is 8.22.